The molecule has 0 saturated carbocycles. The highest BCUT2D eigenvalue weighted by Gasteiger charge is 2.33. The van der Waals surface area contributed by atoms with Crippen LogP contribution in [0.4, 0.5) is 0 Å². The predicted molar refractivity (Wildman–Crippen MR) is 33.5 cm³/mol. The Kier molecular flexibility index (Phi) is 2.62. The van der Waals surface area contributed by atoms with Crippen molar-refractivity contribution < 1.29 is 20.1 Å². The Labute approximate surface area is 59.1 Å². The highest BCUT2D eigenvalue weighted by Crippen LogP contribution is 2.16. The SMILES string of the molecule is OCC[C@@H]1OC[C@H](O)[C@@H]1O. The van der Waals surface area contributed by atoms with Crippen LogP contribution in [0.1, 0.15) is 6.42 Å². The van der Waals surface area contributed by atoms with E-state index >= 15 is 0 Å². The van der Waals surface area contributed by atoms with Crippen LogP contribution in [0.15, 0.2) is 0 Å². The van der Waals surface area contributed by atoms with E-state index in [1.54, 1.807) is 0 Å². The number of hydrogen-bond acceptors (Lipinski definition) is 4. The van der Waals surface area contributed by atoms with Crippen molar-refractivity contribution >= 4 is 0 Å². The van der Waals surface area contributed by atoms with Crippen LogP contribution in [0.2, 0.25) is 0 Å². The summed E-state index contributed by atoms with van der Waals surface area (Å²) in [7, 11) is 0. The monoisotopic (exact) mass is 148 g/mol. The predicted octanol–water partition coefficient (Wildman–Crippen LogP) is -1.51. The molecular weight excluding hydrogens is 136 g/mol. The van der Waals surface area contributed by atoms with Crippen LogP contribution in [-0.2, 0) is 4.74 Å². The van der Waals surface area contributed by atoms with E-state index in [1.807, 2.05) is 0 Å². The lowest BCUT2D eigenvalue weighted by molar-refractivity contribution is 0.0117. The molecule has 1 aliphatic heterocycles. The molecule has 0 aromatic heterocycles. The van der Waals surface area contributed by atoms with Gasteiger partial charge in [-0.15, -0.1) is 0 Å². The maximum absolute atomic E-state index is 9.10. The molecule has 4 heteroatoms. The molecule has 0 aliphatic carbocycles. The summed E-state index contributed by atoms with van der Waals surface area (Å²) in [5.74, 6) is 0. The summed E-state index contributed by atoms with van der Waals surface area (Å²) >= 11 is 0. The fraction of sp³-hybridized carbons (Fsp3) is 1.00. The molecule has 3 N–H and O–H groups in total. The molecule has 0 spiro atoms. The third-order valence-electron chi connectivity index (χ3n) is 1.67. The summed E-state index contributed by atoms with van der Waals surface area (Å²) in [4.78, 5) is 0. The Bertz CT molecular complexity index is 104. The Morgan fingerprint density at radius 2 is 2.10 bits per heavy atom. The molecule has 10 heavy (non-hydrogen) atoms. The Morgan fingerprint density at radius 3 is 2.50 bits per heavy atom. The van der Waals surface area contributed by atoms with Gasteiger partial charge in [0, 0.05) is 6.61 Å². The zero-order valence-corrected chi connectivity index (χ0v) is 5.60. The van der Waals surface area contributed by atoms with E-state index in [-0.39, 0.29) is 19.3 Å². The summed E-state index contributed by atoms with van der Waals surface area (Å²) in [6, 6.07) is 0. The maximum Gasteiger partial charge on any atom is 0.108 e. The first-order valence-corrected chi connectivity index (χ1v) is 3.34. The third-order valence-corrected chi connectivity index (χ3v) is 1.67. The summed E-state index contributed by atoms with van der Waals surface area (Å²) in [6.07, 6.45) is -1.61. The zero-order valence-electron chi connectivity index (χ0n) is 5.60. The van der Waals surface area contributed by atoms with Gasteiger partial charge in [0.15, 0.2) is 0 Å². The van der Waals surface area contributed by atoms with E-state index in [0.717, 1.165) is 0 Å². The largest absolute Gasteiger partial charge is 0.396 e. The highest BCUT2D eigenvalue weighted by molar-refractivity contribution is 4.82. The standard InChI is InChI=1S/C6H12O4/c7-2-1-5-6(9)4(8)3-10-5/h4-9H,1-3H2/t4-,5-,6-/m0/s1. The van der Waals surface area contributed by atoms with Gasteiger partial charge in [-0.3, -0.25) is 0 Å². The Hall–Kier alpha value is -0.160. The van der Waals surface area contributed by atoms with Crippen molar-refractivity contribution in [2.45, 2.75) is 24.7 Å². The van der Waals surface area contributed by atoms with Crippen LogP contribution < -0.4 is 0 Å². The number of aliphatic hydroxyl groups excluding tert-OH is 3. The van der Waals surface area contributed by atoms with Gasteiger partial charge in [0.2, 0.25) is 0 Å². The molecule has 1 rings (SSSR count). The third kappa shape index (κ3) is 1.46. The summed E-state index contributed by atoms with van der Waals surface area (Å²) in [5, 5.41) is 26.5. The van der Waals surface area contributed by atoms with Crippen molar-refractivity contribution in [1.29, 1.82) is 0 Å². The van der Waals surface area contributed by atoms with Gasteiger partial charge in [0.05, 0.1) is 12.7 Å². The number of rotatable bonds is 2. The van der Waals surface area contributed by atoms with Gasteiger partial charge < -0.3 is 20.1 Å². The van der Waals surface area contributed by atoms with Gasteiger partial charge in [0.25, 0.3) is 0 Å². The molecule has 0 unspecified atom stereocenters. The van der Waals surface area contributed by atoms with E-state index in [2.05, 4.69) is 0 Å². The molecule has 0 amide bonds. The second kappa shape index (κ2) is 3.30. The maximum atomic E-state index is 9.10. The van der Waals surface area contributed by atoms with Gasteiger partial charge in [-0.1, -0.05) is 0 Å². The molecular formula is C6H12O4. The molecule has 1 fully saturated rings. The first kappa shape index (κ1) is 7.94. The zero-order chi connectivity index (χ0) is 7.56. The van der Waals surface area contributed by atoms with Gasteiger partial charge in [-0.2, -0.15) is 0 Å². The van der Waals surface area contributed by atoms with E-state index in [4.69, 9.17) is 20.1 Å². The molecule has 3 atom stereocenters. The average molecular weight is 148 g/mol. The van der Waals surface area contributed by atoms with Crippen molar-refractivity contribution in [3.63, 3.8) is 0 Å². The van der Waals surface area contributed by atoms with Crippen molar-refractivity contribution in [1.82, 2.24) is 0 Å². The van der Waals surface area contributed by atoms with Crippen LogP contribution in [-0.4, -0.2) is 46.8 Å². The first-order chi connectivity index (χ1) is 4.75. The lowest BCUT2D eigenvalue weighted by Crippen LogP contribution is -2.30. The Morgan fingerprint density at radius 1 is 1.40 bits per heavy atom. The first-order valence-electron chi connectivity index (χ1n) is 3.34. The minimum Gasteiger partial charge on any atom is -0.396 e. The fourth-order valence-corrected chi connectivity index (χ4v) is 1.05. The minimum absolute atomic E-state index is 0.0194. The molecule has 4 nitrogen and oxygen atoms in total. The van der Waals surface area contributed by atoms with Crippen molar-refractivity contribution in [2.75, 3.05) is 13.2 Å². The van der Waals surface area contributed by atoms with Crippen molar-refractivity contribution in [3.8, 4) is 0 Å². The molecule has 60 valence electrons. The lowest BCUT2D eigenvalue weighted by Gasteiger charge is -2.12. The van der Waals surface area contributed by atoms with Crippen molar-refractivity contribution in [3.05, 3.63) is 0 Å². The fourth-order valence-electron chi connectivity index (χ4n) is 1.05. The lowest BCUT2D eigenvalue weighted by atomic mass is 10.1. The topological polar surface area (TPSA) is 69.9 Å². The molecule has 0 aromatic carbocycles. The quantitative estimate of drug-likeness (QED) is 0.445. The van der Waals surface area contributed by atoms with E-state index < -0.39 is 12.2 Å². The number of hydrogen-bond donors (Lipinski definition) is 3. The smallest absolute Gasteiger partial charge is 0.108 e. The van der Waals surface area contributed by atoms with Crippen LogP contribution >= 0.6 is 0 Å². The molecule has 0 aromatic rings. The van der Waals surface area contributed by atoms with E-state index in [0.29, 0.717) is 6.42 Å². The second-order valence-electron chi connectivity index (χ2n) is 2.44. The second-order valence-corrected chi connectivity index (χ2v) is 2.44. The minimum atomic E-state index is -0.827. The molecule has 1 aliphatic rings. The van der Waals surface area contributed by atoms with Crippen LogP contribution in [0.25, 0.3) is 0 Å². The van der Waals surface area contributed by atoms with Crippen LogP contribution in [0, 0.1) is 0 Å². The van der Waals surface area contributed by atoms with E-state index in [1.165, 1.54) is 0 Å². The van der Waals surface area contributed by atoms with Gasteiger partial charge in [-0.25, -0.2) is 0 Å². The van der Waals surface area contributed by atoms with Crippen molar-refractivity contribution in [2.24, 2.45) is 0 Å². The summed E-state index contributed by atoms with van der Waals surface area (Å²) in [6.45, 7) is 0.153. The van der Waals surface area contributed by atoms with Gasteiger partial charge in [0.1, 0.15) is 12.2 Å². The van der Waals surface area contributed by atoms with E-state index in [9.17, 15) is 0 Å². The Balaban J connectivity index is 2.33. The molecule has 1 heterocycles. The highest BCUT2D eigenvalue weighted by atomic mass is 16.5. The summed E-state index contributed by atoms with van der Waals surface area (Å²) < 4.78 is 4.96. The number of ether oxygens (including phenoxy) is 1. The van der Waals surface area contributed by atoms with Gasteiger partial charge >= 0.3 is 0 Å². The molecule has 0 bridgehead atoms. The molecule has 0 radical (unpaired) electrons. The normalized spacial score (nSPS) is 40.5. The van der Waals surface area contributed by atoms with Gasteiger partial charge in [-0.05, 0) is 6.42 Å². The average Bonchev–Trinajstić information content (AvgIpc) is 2.20. The summed E-state index contributed by atoms with van der Waals surface area (Å²) in [5.41, 5.74) is 0. The number of aliphatic hydroxyl groups is 3. The van der Waals surface area contributed by atoms with Crippen LogP contribution in [0.3, 0.4) is 0 Å². The van der Waals surface area contributed by atoms with Crippen LogP contribution in [0.5, 0.6) is 0 Å². The molecule has 1 saturated heterocycles.